The summed E-state index contributed by atoms with van der Waals surface area (Å²) in [4.78, 5) is 18.6. The number of aromatic nitrogens is 2. The molecule has 128 valence electrons. The van der Waals surface area contributed by atoms with Crippen LogP contribution in [0.25, 0.3) is 5.69 Å². The molecular weight excluding hydrogens is 328 g/mol. The van der Waals surface area contributed by atoms with Gasteiger partial charge in [-0.2, -0.15) is 0 Å². The fraction of sp³-hybridized carbons (Fsp3) is 0.375. The fourth-order valence-corrected chi connectivity index (χ4v) is 3.77. The quantitative estimate of drug-likeness (QED) is 0.894. The summed E-state index contributed by atoms with van der Waals surface area (Å²) in [5, 5.41) is 0. The maximum atomic E-state index is 12.9. The lowest BCUT2D eigenvalue weighted by Crippen LogP contribution is -2.49. The van der Waals surface area contributed by atoms with Crippen LogP contribution in [0.4, 0.5) is 0 Å². The molecule has 7 nitrogen and oxygen atoms in total. The van der Waals surface area contributed by atoms with E-state index in [2.05, 4.69) is 9.71 Å². The average molecular weight is 348 g/mol. The Morgan fingerprint density at radius 1 is 1.29 bits per heavy atom. The normalized spacial score (nSPS) is 18.5. The van der Waals surface area contributed by atoms with Crippen molar-refractivity contribution in [3.8, 4) is 5.69 Å². The number of carbonyl (C=O) groups excluding carboxylic acids is 1. The van der Waals surface area contributed by atoms with Gasteiger partial charge in [0.2, 0.25) is 10.0 Å². The minimum Gasteiger partial charge on any atom is -0.336 e. The SMILES string of the molecule is CS(=O)(=O)N[C@H]1CCCN(C(=O)c2cncn2-c2ccccc2)C1. The number of amides is 1. The highest BCUT2D eigenvalue weighted by Crippen LogP contribution is 2.17. The van der Waals surface area contributed by atoms with Crippen LogP contribution in [-0.4, -0.2) is 54.2 Å². The van der Waals surface area contributed by atoms with Gasteiger partial charge < -0.3 is 4.90 Å². The van der Waals surface area contributed by atoms with Crippen LogP contribution >= 0.6 is 0 Å². The molecule has 24 heavy (non-hydrogen) atoms. The van der Waals surface area contributed by atoms with Crippen LogP contribution in [0, 0.1) is 0 Å². The van der Waals surface area contributed by atoms with Gasteiger partial charge in [0.05, 0.1) is 18.8 Å². The number of sulfonamides is 1. The molecule has 1 aromatic carbocycles. The predicted octanol–water partition coefficient (Wildman–Crippen LogP) is 1.03. The Balaban J connectivity index is 1.79. The number of piperidine rings is 1. The number of imidazole rings is 1. The van der Waals surface area contributed by atoms with E-state index in [0.717, 1.165) is 24.8 Å². The van der Waals surface area contributed by atoms with E-state index in [4.69, 9.17) is 0 Å². The molecule has 3 rings (SSSR count). The highest BCUT2D eigenvalue weighted by Gasteiger charge is 2.27. The molecule has 1 saturated heterocycles. The largest absolute Gasteiger partial charge is 0.336 e. The topological polar surface area (TPSA) is 84.3 Å². The number of nitrogens with one attached hydrogen (secondary N) is 1. The molecule has 1 fully saturated rings. The summed E-state index contributed by atoms with van der Waals surface area (Å²) in [5.74, 6) is -0.142. The van der Waals surface area contributed by atoms with Crippen molar-refractivity contribution >= 4 is 15.9 Å². The summed E-state index contributed by atoms with van der Waals surface area (Å²) >= 11 is 0. The third-order valence-electron chi connectivity index (χ3n) is 3.98. The number of para-hydroxylation sites is 1. The Morgan fingerprint density at radius 3 is 2.75 bits per heavy atom. The molecule has 1 N–H and O–H groups in total. The molecule has 1 aliphatic rings. The molecule has 2 aromatic rings. The van der Waals surface area contributed by atoms with Crippen LogP contribution in [0.1, 0.15) is 23.3 Å². The number of nitrogens with zero attached hydrogens (tertiary/aromatic N) is 3. The molecule has 0 radical (unpaired) electrons. The van der Waals surface area contributed by atoms with Gasteiger partial charge in [0.1, 0.15) is 5.69 Å². The number of rotatable bonds is 4. The fourth-order valence-electron chi connectivity index (χ4n) is 2.97. The van der Waals surface area contributed by atoms with Crippen LogP contribution < -0.4 is 4.72 Å². The third kappa shape index (κ3) is 3.82. The van der Waals surface area contributed by atoms with Crippen LogP contribution in [0.15, 0.2) is 42.9 Å². The van der Waals surface area contributed by atoms with Gasteiger partial charge in [0.25, 0.3) is 5.91 Å². The third-order valence-corrected chi connectivity index (χ3v) is 4.74. The van der Waals surface area contributed by atoms with Gasteiger partial charge in [0, 0.05) is 24.8 Å². The zero-order chi connectivity index (χ0) is 17.2. The van der Waals surface area contributed by atoms with Crippen LogP contribution in [0.2, 0.25) is 0 Å². The number of benzene rings is 1. The van der Waals surface area contributed by atoms with Gasteiger partial charge in [-0.15, -0.1) is 0 Å². The van der Waals surface area contributed by atoms with Crippen molar-refractivity contribution in [2.75, 3.05) is 19.3 Å². The van der Waals surface area contributed by atoms with Gasteiger partial charge in [-0.3, -0.25) is 9.36 Å². The predicted molar refractivity (Wildman–Crippen MR) is 90.5 cm³/mol. The molecule has 0 unspecified atom stereocenters. The number of hydrogen-bond acceptors (Lipinski definition) is 4. The zero-order valence-electron chi connectivity index (χ0n) is 13.4. The number of carbonyl (C=O) groups is 1. The summed E-state index contributed by atoms with van der Waals surface area (Å²) in [6.45, 7) is 0.979. The molecule has 2 heterocycles. The van der Waals surface area contributed by atoms with Crippen LogP contribution in [-0.2, 0) is 10.0 Å². The number of hydrogen-bond donors (Lipinski definition) is 1. The first-order valence-electron chi connectivity index (χ1n) is 7.78. The monoisotopic (exact) mass is 348 g/mol. The van der Waals surface area contributed by atoms with Crippen molar-refractivity contribution < 1.29 is 13.2 Å². The molecule has 0 aliphatic carbocycles. The minimum absolute atomic E-state index is 0.142. The zero-order valence-corrected chi connectivity index (χ0v) is 14.2. The van der Waals surface area contributed by atoms with E-state index in [1.165, 1.54) is 0 Å². The Morgan fingerprint density at radius 2 is 2.04 bits per heavy atom. The van der Waals surface area contributed by atoms with E-state index in [1.54, 1.807) is 22.0 Å². The van der Waals surface area contributed by atoms with E-state index in [1.807, 2.05) is 30.3 Å². The van der Waals surface area contributed by atoms with Gasteiger partial charge in [0.15, 0.2) is 0 Å². The molecule has 8 heteroatoms. The molecular formula is C16H20N4O3S. The smallest absolute Gasteiger partial charge is 0.272 e. The lowest BCUT2D eigenvalue weighted by Gasteiger charge is -2.32. The van der Waals surface area contributed by atoms with Gasteiger partial charge >= 0.3 is 0 Å². The first-order valence-corrected chi connectivity index (χ1v) is 9.67. The van der Waals surface area contributed by atoms with Crippen LogP contribution in [0.5, 0.6) is 0 Å². The summed E-state index contributed by atoms with van der Waals surface area (Å²) in [5.41, 5.74) is 1.34. The Bertz CT molecular complexity index is 817. The van der Waals surface area contributed by atoms with Crippen molar-refractivity contribution in [1.82, 2.24) is 19.2 Å². The van der Waals surface area contributed by atoms with Crippen molar-refractivity contribution in [3.63, 3.8) is 0 Å². The highest BCUT2D eigenvalue weighted by atomic mass is 32.2. The van der Waals surface area contributed by atoms with Crippen molar-refractivity contribution in [2.24, 2.45) is 0 Å². The van der Waals surface area contributed by atoms with Crippen LogP contribution in [0.3, 0.4) is 0 Å². The first-order chi connectivity index (χ1) is 11.4. The minimum atomic E-state index is -3.28. The second kappa shape index (κ2) is 6.74. The standard InChI is InChI=1S/C16H20N4O3S/c1-24(22,23)18-13-6-5-9-19(11-13)16(21)15-10-17-12-20(15)14-7-3-2-4-8-14/h2-4,7-8,10,12-13,18H,5-6,9,11H2,1H3/t13-/m0/s1. The van der Waals surface area contributed by atoms with E-state index in [0.29, 0.717) is 18.8 Å². The molecule has 1 atom stereocenters. The molecule has 1 aromatic heterocycles. The Hall–Kier alpha value is -2.19. The summed E-state index contributed by atoms with van der Waals surface area (Å²) in [7, 11) is -3.28. The lowest BCUT2D eigenvalue weighted by atomic mass is 10.1. The lowest BCUT2D eigenvalue weighted by molar-refractivity contribution is 0.0695. The maximum absolute atomic E-state index is 12.9. The Kier molecular flexibility index (Phi) is 4.68. The van der Waals surface area contributed by atoms with E-state index < -0.39 is 10.0 Å². The maximum Gasteiger partial charge on any atom is 0.272 e. The van der Waals surface area contributed by atoms with Gasteiger partial charge in [-0.05, 0) is 25.0 Å². The molecule has 1 amide bonds. The second-order valence-electron chi connectivity index (χ2n) is 5.96. The van der Waals surface area contributed by atoms with Crippen molar-refractivity contribution in [2.45, 2.75) is 18.9 Å². The van der Waals surface area contributed by atoms with Gasteiger partial charge in [-0.1, -0.05) is 18.2 Å². The Labute approximate surface area is 141 Å². The van der Waals surface area contributed by atoms with Crippen molar-refractivity contribution in [1.29, 1.82) is 0 Å². The van der Waals surface area contributed by atoms with E-state index >= 15 is 0 Å². The van der Waals surface area contributed by atoms with E-state index in [-0.39, 0.29) is 11.9 Å². The highest BCUT2D eigenvalue weighted by molar-refractivity contribution is 7.88. The summed E-state index contributed by atoms with van der Waals surface area (Å²) in [6, 6.07) is 9.28. The molecule has 0 saturated carbocycles. The molecule has 0 bridgehead atoms. The van der Waals surface area contributed by atoms with Crippen molar-refractivity contribution in [3.05, 3.63) is 48.5 Å². The first kappa shape index (κ1) is 16.7. The summed E-state index contributed by atoms with van der Waals surface area (Å²) < 4.78 is 27.2. The average Bonchev–Trinajstić information content (AvgIpc) is 3.03. The summed E-state index contributed by atoms with van der Waals surface area (Å²) in [6.07, 6.45) is 5.78. The second-order valence-corrected chi connectivity index (χ2v) is 7.74. The van der Waals surface area contributed by atoms with Gasteiger partial charge in [-0.25, -0.2) is 18.1 Å². The number of likely N-dealkylation sites (tertiary alicyclic amines) is 1. The molecule has 1 aliphatic heterocycles. The van der Waals surface area contributed by atoms with E-state index in [9.17, 15) is 13.2 Å². The molecule has 0 spiro atoms.